The summed E-state index contributed by atoms with van der Waals surface area (Å²) in [5.41, 5.74) is 3.22. The van der Waals surface area contributed by atoms with Gasteiger partial charge in [-0.15, -0.1) is 0 Å². The first-order chi connectivity index (χ1) is 17.8. The van der Waals surface area contributed by atoms with E-state index in [0.717, 1.165) is 29.2 Å². The van der Waals surface area contributed by atoms with Crippen LogP contribution in [0.3, 0.4) is 0 Å². The van der Waals surface area contributed by atoms with E-state index in [2.05, 4.69) is 19.7 Å². The Hall–Kier alpha value is -3.66. The molecule has 190 valence electrons. The third-order valence-electron chi connectivity index (χ3n) is 7.54. The fourth-order valence-corrected chi connectivity index (χ4v) is 5.85. The van der Waals surface area contributed by atoms with Gasteiger partial charge in [-0.2, -0.15) is 0 Å². The lowest BCUT2D eigenvalue weighted by molar-refractivity contribution is 0.408. The van der Waals surface area contributed by atoms with Crippen LogP contribution < -0.4 is 0 Å². The van der Waals surface area contributed by atoms with Crippen molar-refractivity contribution in [3.8, 4) is 0 Å². The molecule has 2 aromatic rings. The smallest absolute Gasteiger partial charge is 0.195 e. The quantitative estimate of drug-likeness (QED) is 0.139. The Labute approximate surface area is 216 Å². The summed E-state index contributed by atoms with van der Waals surface area (Å²) >= 11 is 0. The van der Waals surface area contributed by atoms with E-state index in [-0.39, 0.29) is 0 Å². The van der Waals surface area contributed by atoms with Gasteiger partial charge in [0.15, 0.2) is 17.5 Å². The maximum absolute atomic E-state index is 16.0. The van der Waals surface area contributed by atoms with Crippen LogP contribution in [0.5, 0.6) is 0 Å². The molecule has 1 atom stereocenters. The van der Waals surface area contributed by atoms with Crippen LogP contribution in [-0.2, 0) is 11.8 Å². The molecule has 0 heterocycles. The molecule has 4 heteroatoms. The summed E-state index contributed by atoms with van der Waals surface area (Å²) < 4.78 is 61.3. The van der Waals surface area contributed by atoms with Crippen molar-refractivity contribution in [2.45, 2.75) is 44.9 Å². The van der Waals surface area contributed by atoms with Crippen LogP contribution in [0, 0.1) is 30.2 Å². The van der Waals surface area contributed by atoms with Gasteiger partial charge in [-0.3, -0.25) is 0 Å². The Morgan fingerprint density at radius 1 is 0.946 bits per heavy atom. The molecule has 0 radical (unpaired) electrons. The minimum absolute atomic E-state index is 0.398. The molecule has 0 bridgehead atoms. The molecule has 37 heavy (non-hydrogen) atoms. The molecule has 0 saturated carbocycles. The predicted octanol–water partition coefficient (Wildman–Crippen LogP) is 9.34. The summed E-state index contributed by atoms with van der Waals surface area (Å²) in [6.07, 6.45) is 12.6. The van der Waals surface area contributed by atoms with Crippen molar-refractivity contribution < 1.29 is 17.6 Å². The summed E-state index contributed by atoms with van der Waals surface area (Å²) in [4.78, 5) is 0. The second-order valence-corrected chi connectivity index (χ2v) is 9.33. The van der Waals surface area contributed by atoms with E-state index in [9.17, 15) is 8.78 Å². The molecule has 0 fully saturated rings. The first-order valence-electron chi connectivity index (χ1n) is 12.4. The van der Waals surface area contributed by atoms with Crippen molar-refractivity contribution in [1.82, 2.24) is 0 Å². The van der Waals surface area contributed by atoms with Crippen LogP contribution in [0.15, 0.2) is 102 Å². The molecule has 1 unspecified atom stereocenters. The van der Waals surface area contributed by atoms with E-state index in [1.165, 1.54) is 0 Å². The van der Waals surface area contributed by atoms with E-state index in [4.69, 9.17) is 0 Å². The minimum atomic E-state index is -1.68. The van der Waals surface area contributed by atoms with Crippen LogP contribution in [0.2, 0.25) is 0 Å². The van der Waals surface area contributed by atoms with E-state index < -0.39 is 39.8 Å². The normalized spacial score (nSPS) is 19.0. The Balaban J connectivity index is 2.04. The largest absolute Gasteiger partial charge is 0.206 e. The van der Waals surface area contributed by atoms with Crippen LogP contribution in [0.1, 0.15) is 48.4 Å². The van der Waals surface area contributed by atoms with E-state index in [1.807, 2.05) is 43.3 Å². The maximum Gasteiger partial charge on any atom is 0.195 e. The third kappa shape index (κ3) is 3.99. The average molecular weight is 503 g/mol. The Morgan fingerprint density at radius 2 is 1.65 bits per heavy atom. The zero-order valence-corrected chi connectivity index (χ0v) is 21.2. The number of rotatable bonds is 9. The molecule has 2 aliphatic rings. The van der Waals surface area contributed by atoms with Gasteiger partial charge in [-0.05, 0) is 66.0 Å². The number of benzene rings is 2. The van der Waals surface area contributed by atoms with Crippen molar-refractivity contribution in [3.63, 3.8) is 0 Å². The number of allylic oxidation sites excluding steroid dienone is 10. The average Bonchev–Trinajstić information content (AvgIpc) is 3.49. The lowest BCUT2D eigenvalue weighted by atomic mass is 9.63. The lowest BCUT2D eigenvalue weighted by Crippen LogP contribution is -2.35. The summed E-state index contributed by atoms with van der Waals surface area (Å²) in [6.45, 7) is 14.8. The topological polar surface area (TPSA) is 0 Å². The highest BCUT2D eigenvalue weighted by Gasteiger charge is 2.52. The van der Waals surface area contributed by atoms with Gasteiger partial charge in [0.25, 0.3) is 0 Å². The highest BCUT2D eigenvalue weighted by molar-refractivity contribution is 5.75. The fraction of sp³-hybridized carbons (Fsp3) is 0.212. The van der Waals surface area contributed by atoms with Gasteiger partial charge in [0.05, 0.1) is 5.41 Å². The van der Waals surface area contributed by atoms with E-state index in [0.29, 0.717) is 42.4 Å². The Kier molecular flexibility index (Phi) is 7.40. The Morgan fingerprint density at radius 3 is 2.24 bits per heavy atom. The molecule has 0 aromatic heterocycles. The van der Waals surface area contributed by atoms with Gasteiger partial charge >= 0.3 is 0 Å². The Bertz CT molecular complexity index is 1380. The number of hydrogen-bond acceptors (Lipinski definition) is 0. The van der Waals surface area contributed by atoms with Crippen LogP contribution >= 0.6 is 0 Å². The zero-order valence-electron chi connectivity index (χ0n) is 21.2. The van der Waals surface area contributed by atoms with Crippen molar-refractivity contribution in [2.75, 3.05) is 0 Å². The first kappa shape index (κ1) is 26.4. The predicted molar refractivity (Wildman–Crippen MR) is 144 cm³/mol. The molecule has 0 amide bonds. The maximum atomic E-state index is 16.0. The zero-order chi connectivity index (χ0) is 26.9. The summed E-state index contributed by atoms with van der Waals surface area (Å²) in [7, 11) is 0. The summed E-state index contributed by atoms with van der Waals surface area (Å²) in [6, 6.07) is 7.86. The molecule has 0 saturated heterocycles. The van der Waals surface area contributed by atoms with Crippen molar-refractivity contribution in [3.05, 3.63) is 148 Å². The van der Waals surface area contributed by atoms with Gasteiger partial charge < -0.3 is 0 Å². The monoisotopic (exact) mass is 502 g/mol. The molecule has 0 N–H and O–H groups in total. The number of aryl methyl sites for hydroxylation is 1. The minimum Gasteiger partial charge on any atom is -0.206 e. The van der Waals surface area contributed by atoms with E-state index >= 15 is 8.78 Å². The van der Waals surface area contributed by atoms with Crippen molar-refractivity contribution >= 4 is 6.08 Å². The number of halogens is 4. The summed E-state index contributed by atoms with van der Waals surface area (Å²) in [5.74, 6) is -5.80. The van der Waals surface area contributed by atoms with Gasteiger partial charge in [-0.1, -0.05) is 93.0 Å². The number of hydrogen-bond donors (Lipinski definition) is 0. The van der Waals surface area contributed by atoms with Gasteiger partial charge in [-0.25, -0.2) is 17.6 Å². The van der Waals surface area contributed by atoms with E-state index in [1.54, 1.807) is 24.3 Å². The van der Waals surface area contributed by atoms with Gasteiger partial charge in [0, 0.05) is 11.1 Å². The first-order valence-corrected chi connectivity index (χ1v) is 12.4. The molecule has 4 rings (SSSR count). The standard InChI is InChI=1S/C33H30F4/c1-6-11-23(19-18-22-16-14-21(7-2)15-17-22)33(28-29(34)20(5)30(35)32(37)31(28)36)26(9-4)24(8-3)25-12-10-13-27(25)33/h6-7,9-11,13-17H,1-2,4,8,12,18-19H2,3,5H3/b23-11+. The molecule has 0 spiro atoms. The molecular formula is C33H30F4. The molecular weight excluding hydrogens is 472 g/mol. The molecule has 2 aliphatic carbocycles. The van der Waals surface area contributed by atoms with Gasteiger partial charge in [0.2, 0.25) is 0 Å². The van der Waals surface area contributed by atoms with Gasteiger partial charge in [0.1, 0.15) is 5.82 Å². The molecule has 0 nitrogen and oxygen atoms in total. The second kappa shape index (κ2) is 10.4. The van der Waals surface area contributed by atoms with Crippen LogP contribution in [0.4, 0.5) is 17.6 Å². The lowest BCUT2D eigenvalue weighted by Gasteiger charge is -2.38. The third-order valence-corrected chi connectivity index (χ3v) is 7.54. The molecule has 0 aliphatic heterocycles. The van der Waals surface area contributed by atoms with Crippen LogP contribution in [-0.4, -0.2) is 0 Å². The van der Waals surface area contributed by atoms with Crippen molar-refractivity contribution in [2.24, 2.45) is 0 Å². The highest BCUT2D eigenvalue weighted by Crippen LogP contribution is 2.59. The van der Waals surface area contributed by atoms with Crippen molar-refractivity contribution in [1.29, 1.82) is 0 Å². The second-order valence-electron chi connectivity index (χ2n) is 9.33. The SMILES string of the molecule is C=C/C=C(\CCc1ccc(C=C)cc1)C1(c2c(F)c(C)c(F)c(F)c2F)C(C=C)=C(CC)C2=C1C=CC2. The summed E-state index contributed by atoms with van der Waals surface area (Å²) in [5, 5.41) is 0. The highest BCUT2D eigenvalue weighted by atomic mass is 19.2. The van der Waals surface area contributed by atoms with Crippen LogP contribution in [0.25, 0.3) is 6.08 Å². The molecule has 2 aromatic carbocycles. The fourth-order valence-electron chi connectivity index (χ4n) is 5.85.